The summed E-state index contributed by atoms with van der Waals surface area (Å²) in [6.07, 6.45) is 1.75. The second-order valence-electron chi connectivity index (χ2n) is 5.45. The number of carbonyl (C=O) groups excluding carboxylic acids is 1. The van der Waals surface area contributed by atoms with Crippen molar-refractivity contribution in [3.05, 3.63) is 23.2 Å². The number of halogens is 1. The minimum Gasteiger partial charge on any atom is -0.326 e. The summed E-state index contributed by atoms with van der Waals surface area (Å²) in [5, 5.41) is 2.86. The molecule has 0 aliphatic heterocycles. The number of hydrogen-bond donors (Lipinski definition) is 1. The van der Waals surface area contributed by atoms with Gasteiger partial charge in [-0.25, -0.2) is 12.7 Å². The third-order valence-corrected chi connectivity index (χ3v) is 5.79. The van der Waals surface area contributed by atoms with E-state index in [9.17, 15) is 13.2 Å². The van der Waals surface area contributed by atoms with Crippen molar-refractivity contribution in [1.82, 2.24) is 4.31 Å². The van der Waals surface area contributed by atoms with E-state index in [-0.39, 0.29) is 21.2 Å². The van der Waals surface area contributed by atoms with Crippen LogP contribution in [0.5, 0.6) is 0 Å². The molecule has 0 spiro atoms. The van der Waals surface area contributed by atoms with Crippen LogP contribution in [-0.4, -0.2) is 32.7 Å². The van der Waals surface area contributed by atoms with E-state index >= 15 is 0 Å². The molecule has 2 rings (SSSR count). The summed E-state index contributed by atoms with van der Waals surface area (Å²) in [6.45, 7) is 1.90. The second-order valence-corrected chi connectivity index (χ2v) is 7.97. The molecule has 1 aliphatic rings. The fraction of sp³-hybridized carbons (Fsp3) is 0.462. The lowest BCUT2D eigenvalue weighted by Gasteiger charge is -2.14. The van der Waals surface area contributed by atoms with E-state index in [4.69, 9.17) is 11.6 Å². The SMILES string of the molecule is CN(C)S(=O)(=O)c1ccc(NC(=O)C2(C)CC2)cc1Cl. The van der Waals surface area contributed by atoms with Crippen molar-refractivity contribution in [2.45, 2.75) is 24.7 Å². The van der Waals surface area contributed by atoms with Crippen LogP contribution in [0.25, 0.3) is 0 Å². The van der Waals surface area contributed by atoms with Crippen molar-refractivity contribution in [1.29, 1.82) is 0 Å². The number of hydrogen-bond acceptors (Lipinski definition) is 3. The van der Waals surface area contributed by atoms with Crippen LogP contribution in [0, 0.1) is 5.41 Å². The average Bonchev–Trinajstić information content (AvgIpc) is 3.08. The summed E-state index contributed by atoms with van der Waals surface area (Å²) < 4.78 is 25.1. The van der Waals surface area contributed by atoms with E-state index in [0.29, 0.717) is 5.69 Å². The zero-order chi connectivity index (χ0) is 15.1. The quantitative estimate of drug-likeness (QED) is 0.927. The van der Waals surface area contributed by atoms with Gasteiger partial charge in [0.25, 0.3) is 0 Å². The van der Waals surface area contributed by atoms with Crippen molar-refractivity contribution in [2.75, 3.05) is 19.4 Å². The van der Waals surface area contributed by atoms with Gasteiger partial charge in [0.15, 0.2) is 0 Å². The Bertz CT molecular complexity index is 652. The highest BCUT2D eigenvalue weighted by atomic mass is 35.5. The summed E-state index contributed by atoms with van der Waals surface area (Å²) in [7, 11) is -0.701. The molecule has 0 heterocycles. The Morgan fingerprint density at radius 2 is 1.95 bits per heavy atom. The Morgan fingerprint density at radius 3 is 2.40 bits per heavy atom. The molecule has 1 aliphatic carbocycles. The minimum absolute atomic E-state index is 0.0276. The molecule has 1 N–H and O–H groups in total. The van der Waals surface area contributed by atoms with Crippen molar-refractivity contribution in [3.63, 3.8) is 0 Å². The molecule has 0 atom stereocenters. The van der Waals surface area contributed by atoms with Gasteiger partial charge in [0.05, 0.1) is 5.02 Å². The van der Waals surface area contributed by atoms with Crippen molar-refractivity contribution >= 4 is 33.2 Å². The summed E-state index contributed by atoms with van der Waals surface area (Å²) >= 11 is 6.01. The highest BCUT2D eigenvalue weighted by molar-refractivity contribution is 7.89. The molecular weight excluding hydrogens is 300 g/mol. The Balaban J connectivity index is 2.24. The Morgan fingerprint density at radius 1 is 1.35 bits per heavy atom. The van der Waals surface area contributed by atoms with Crippen molar-refractivity contribution in [2.24, 2.45) is 5.41 Å². The first-order valence-corrected chi connectivity index (χ1v) is 8.02. The molecule has 1 saturated carbocycles. The summed E-state index contributed by atoms with van der Waals surface area (Å²) in [4.78, 5) is 11.9. The first kappa shape index (κ1) is 15.3. The summed E-state index contributed by atoms with van der Waals surface area (Å²) in [5.74, 6) is -0.0585. The largest absolute Gasteiger partial charge is 0.326 e. The number of carbonyl (C=O) groups is 1. The van der Waals surface area contributed by atoms with Crippen LogP contribution in [0.15, 0.2) is 23.1 Å². The number of rotatable bonds is 4. The lowest BCUT2D eigenvalue weighted by atomic mass is 10.1. The number of nitrogens with zero attached hydrogens (tertiary/aromatic N) is 1. The van der Waals surface area contributed by atoms with Gasteiger partial charge < -0.3 is 5.32 Å². The van der Waals surface area contributed by atoms with Crippen LogP contribution in [0.2, 0.25) is 5.02 Å². The molecule has 1 aromatic rings. The summed E-state index contributed by atoms with van der Waals surface area (Å²) in [5.41, 5.74) is 0.215. The third kappa shape index (κ3) is 2.82. The van der Waals surface area contributed by atoms with Gasteiger partial charge in [-0.05, 0) is 31.0 Å². The molecule has 0 unspecified atom stereocenters. The zero-order valence-electron chi connectivity index (χ0n) is 11.6. The number of amides is 1. The van der Waals surface area contributed by atoms with E-state index in [2.05, 4.69) is 5.32 Å². The first-order chi connectivity index (χ1) is 9.17. The molecule has 110 valence electrons. The Labute approximate surface area is 124 Å². The second kappa shape index (κ2) is 5.02. The molecule has 1 aromatic carbocycles. The fourth-order valence-electron chi connectivity index (χ4n) is 1.68. The maximum absolute atomic E-state index is 12.0. The average molecular weight is 317 g/mol. The minimum atomic E-state index is -3.58. The molecule has 0 aromatic heterocycles. The van der Waals surface area contributed by atoms with Gasteiger partial charge in [0, 0.05) is 25.2 Å². The van der Waals surface area contributed by atoms with Gasteiger partial charge in [-0.3, -0.25) is 4.79 Å². The molecule has 7 heteroatoms. The molecule has 1 fully saturated rings. The normalized spacial score (nSPS) is 17.1. The maximum atomic E-state index is 12.0. The predicted octanol–water partition coefficient (Wildman–Crippen LogP) is 2.33. The lowest BCUT2D eigenvalue weighted by Crippen LogP contribution is -2.23. The van der Waals surface area contributed by atoms with Gasteiger partial charge in [-0.2, -0.15) is 0 Å². The van der Waals surface area contributed by atoms with Crippen molar-refractivity contribution in [3.8, 4) is 0 Å². The van der Waals surface area contributed by atoms with E-state index < -0.39 is 10.0 Å². The van der Waals surface area contributed by atoms with Gasteiger partial charge in [-0.1, -0.05) is 18.5 Å². The molecular formula is C13H17ClN2O3S. The number of benzene rings is 1. The molecule has 0 bridgehead atoms. The molecule has 0 radical (unpaired) electrons. The Hall–Kier alpha value is -1.11. The van der Waals surface area contributed by atoms with Gasteiger partial charge in [0.2, 0.25) is 15.9 Å². The zero-order valence-corrected chi connectivity index (χ0v) is 13.2. The first-order valence-electron chi connectivity index (χ1n) is 6.20. The van der Waals surface area contributed by atoms with Crippen LogP contribution in [0.4, 0.5) is 5.69 Å². The fourth-order valence-corrected chi connectivity index (χ4v) is 3.09. The standard InChI is InChI=1S/C13H17ClN2O3S/c1-13(6-7-13)12(17)15-9-4-5-11(10(14)8-9)20(18,19)16(2)3/h4-5,8H,6-7H2,1-3H3,(H,15,17). The monoisotopic (exact) mass is 316 g/mol. The van der Waals surface area contributed by atoms with E-state index in [1.165, 1.54) is 26.2 Å². The van der Waals surface area contributed by atoms with Gasteiger partial charge in [-0.15, -0.1) is 0 Å². The molecule has 5 nitrogen and oxygen atoms in total. The van der Waals surface area contributed by atoms with Crippen LogP contribution in [-0.2, 0) is 14.8 Å². The van der Waals surface area contributed by atoms with E-state index in [1.807, 2.05) is 6.92 Å². The van der Waals surface area contributed by atoms with Crippen LogP contribution in [0.1, 0.15) is 19.8 Å². The highest BCUT2D eigenvalue weighted by Crippen LogP contribution is 2.45. The summed E-state index contributed by atoms with van der Waals surface area (Å²) in [6, 6.07) is 4.41. The van der Waals surface area contributed by atoms with E-state index in [1.54, 1.807) is 6.07 Å². The van der Waals surface area contributed by atoms with Gasteiger partial charge >= 0.3 is 0 Å². The topological polar surface area (TPSA) is 66.5 Å². The Kier molecular flexibility index (Phi) is 3.83. The highest BCUT2D eigenvalue weighted by Gasteiger charge is 2.44. The third-order valence-electron chi connectivity index (χ3n) is 3.50. The van der Waals surface area contributed by atoms with Crippen LogP contribution < -0.4 is 5.32 Å². The predicted molar refractivity (Wildman–Crippen MR) is 78.3 cm³/mol. The van der Waals surface area contributed by atoms with Crippen molar-refractivity contribution < 1.29 is 13.2 Å². The molecule has 20 heavy (non-hydrogen) atoms. The van der Waals surface area contributed by atoms with Gasteiger partial charge in [0.1, 0.15) is 4.90 Å². The van der Waals surface area contributed by atoms with E-state index in [0.717, 1.165) is 17.1 Å². The van der Waals surface area contributed by atoms with Crippen LogP contribution in [0.3, 0.4) is 0 Å². The maximum Gasteiger partial charge on any atom is 0.244 e. The smallest absolute Gasteiger partial charge is 0.244 e. The van der Waals surface area contributed by atoms with Crippen LogP contribution >= 0.6 is 11.6 Å². The molecule has 1 amide bonds. The number of nitrogens with one attached hydrogen (secondary N) is 1. The number of sulfonamides is 1. The number of anilines is 1. The molecule has 0 saturated heterocycles. The lowest BCUT2D eigenvalue weighted by molar-refractivity contribution is -0.120.